The maximum atomic E-state index is 13.3. The maximum absolute atomic E-state index is 13.3. The van der Waals surface area contributed by atoms with E-state index in [1.165, 1.54) is 19.3 Å². The van der Waals surface area contributed by atoms with Crippen molar-refractivity contribution in [1.82, 2.24) is 0 Å². The lowest BCUT2D eigenvalue weighted by molar-refractivity contribution is -0.148. The Hall–Kier alpha value is -1.73. The zero-order valence-corrected chi connectivity index (χ0v) is 23.8. The van der Waals surface area contributed by atoms with E-state index < -0.39 is 17.8 Å². The minimum absolute atomic E-state index is 0.0283. The van der Waals surface area contributed by atoms with Gasteiger partial charge in [-0.05, 0) is 87.4 Å². The molecule has 5 aliphatic carbocycles. The van der Waals surface area contributed by atoms with E-state index in [2.05, 4.69) is 13.8 Å². The van der Waals surface area contributed by atoms with Gasteiger partial charge >= 0.3 is 0 Å². The molecule has 3 unspecified atom stereocenters. The average molecular weight is 543 g/mol. The highest BCUT2D eigenvalue weighted by Crippen LogP contribution is 2.68. The monoisotopic (exact) mass is 542 g/mol. The second-order valence-electron chi connectivity index (χ2n) is 13.1. The summed E-state index contributed by atoms with van der Waals surface area (Å²) in [6, 6.07) is 0. The van der Waals surface area contributed by atoms with Gasteiger partial charge in [-0.3, -0.25) is 9.59 Å². The molecule has 8 atom stereocenters. The van der Waals surface area contributed by atoms with E-state index in [0.717, 1.165) is 44.1 Å². The van der Waals surface area contributed by atoms with E-state index in [4.69, 9.17) is 26.4 Å². The molecule has 6 rings (SSSR count). The molecule has 7 heteroatoms. The molecule has 6 nitrogen and oxygen atoms in total. The van der Waals surface area contributed by atoms with Crippen molar-refractivity contribution in [2.24, 2.45) is 40.4 Å². The highest BCUT2D eigenvalue weighted by Gasteiger charge is 2.66. The van der Waals surface area contributed by atoms with E-state index in [0.29, 0.717) is 41.2 Å². The summed E-state index contributed by atoms with van der Waals surface area (Å²) < 4.78 is 18.4. The number of Topliss-reactive ketones (excluding diaryl/α,β-unsaturated/α-hetero) is 1. The highest BCUT2D eigenvalue weighted by atomic mass is 32.1. The molecule has 6 aliphatic rings. The standard InChI is InChI=1S/C31H42O6S/c1-4-25(38)35-16-24(34)21-13-12-20-19-11-10-18-14-22(32)27-28(37-29(36-27)17-8-6-5-7-9-17)31(18,3)26(19)23(33)15-30(20,21)2/h14,17,19-21,23,26,29,33H,4-13,15-16H2,1-3H3/t19?,20?,21-,23+,26?,29+,30+,31+/m1/s1. The topological polar surface area (TPSA) is 82.1 Å². The molecule has 0 saturated heterocycles. The van der Waals surface area contributed by atoms with Gasteiger partial charge in [-0.15, -0.1) is 0 Å². The predicted octanol–water partition coefficient (Wildman–Crippen LogP) is 5.81. The highest BCUT2D eigenvalue weighted by molar-refractivity contribution is 7.80. The summed E-state index contributed by atoms with van der Waals surface area (Å²) in [6.07, 6.45) is 11.2. The second kappa shape index (κ2) is 9.72. The van der Waals surface area contributed by atoms with Crippen molar-refractivity contribution in [2.75, 3.05) is 6.61 Å². The summed E-state index contributed by atoms with van der Waals surface area (Å²) in [6.45, 7) is 6.34. The van der Waals surface area contributed by atoms with E-state index >= 15 is 0 Å². The third-order valence-corrected chi connectivity index (χ3v) is 11.7. The predicted molar refractivity (Wildman–Crippen MR) is 146 cm³/mol. The number of fused-ring (bicyclic) bond motifs is 6. The molecular weight excluding hydrogens is 500 g/mol. The number of ketones is 2. The van der Waals surface area contributed by atoms with Gasteiger partial charge in [0.1, 0.15) is 6.61 Å². The summed E-state index contributed by atoms with van der Waals surface area (Å²) in [5.74, 6) is 1.75. The lowest BCUT2D eigenvalue weighted by Crippen LogP contribution is -2.57. The first-order chi connectivity index (χ1) is 18.2. The summed E-state index contributed by atoms with van der Waals surface area (Å²) >= 11 is 5.18. The molecule has 1 aliphatic heterocycles. The van der Waals surface area contributed by atoms with Gasteiger partial charge in [-0.1, -0.05) is 38.7 Å². The van der Waals surface area contributed by atoms with Crippen molar-refractivity contribution in [3.05, 3.63) is 23.2 Å². The first kappa shape index (κ1) is 26.5. The number of allylic oxidation sites excluding steroid dienone is 2. The van der Waals surface area contributed by atoms with Crippen LogP contribution in [-0.4, -0.2) is 40.7 Å². The Bertz CT molecular complexity index is 1090. The second-order valence-corrected chi connectivity index (χ2v) is 13.6. The zero-order valence-electron chi connectivity index (χ0n) is 23.0. The van der Waals surface area contributed by atoms with Crippen LogP contribution in [0.15, 0.2) is 23.2 Å². The fraction of sp³-hybridized carbons (Fsp3) is 0.774. The van der Waals surface area contributed by atoms with Gasteiger partial charge in [0.2, 0.25) is 17.8 Å². The number of thiocarbonyl (C=S) groups is 1. The van der Waals surface area contributed by atoms with Crippen molar-refractivity contribution < 1.29 is 28.9 Å². The number of hydrogen-bond acceptors (Lipinski definition) is 7. The molecule has 4 saturated carbocycles. The van der Waals surface area contributed by atoms with Gasteiger partial charge in [0.05, 0.1) is 11.5 Å². The van der Waals surface area contributed by atoms with Crippen LogP contribution in [-0.2, 0) is 23.8 Å². The fourth-order valence-corrected chi connectivity index (χ4v) is 9.54. The number of rotatable bonds is 5. The quantitative estimate of drug-likeness (QED) is 0.439. The van der Waals surface area contributed by atoms with E-state index in [-0.39, 0.29) is 41.3 Å². The van der Waals surface area contributed by atoms with Crippen LogP contribution in [0.1, 0.15) is 91.4 Å². The normalized spacial score (nSPS) is 42.2. The number of carbonyl (C=O) groups excluding carboxylic acids is 2. The first-order valence-corrected chi connectivity index (χ1v) is 15.3. The number of aliphatic hydroxyl groups excluding tert-OH is 1. The molecule has 0 bridgehead atoms. The molecule has 0 amide bonds. The van der Waals surface area contributed by atoms with Gasteiger partial charge in [-0.2, -0.15) is 0 Å². The molecule has 38 heavy (non-hydrogen) atoms. The smallest absolute Gasteiger partial charge is 0.244 e. The lowest BCUT2D eigenvalue weighted by Gasteiger charge is -2.59. The molecule has 0 spiro atoms. The van der Waals surface area contributed by atoms with Crippen LogP contribution in [0.3, 0.4) is 0 Å². The van der Waals surface area contributed by atoms with Crippen LogP contribution in [0, 0.1) is 40.4 Å². The molecular formula is C31H42O6S. The number of hydrogen-bond donors (Lipinski definition) is 1. The molecule has 1 heterocycles. The minimum Gasteiger partial charge on any atom is -0.479 e. The average Bonchev–Trinajstić information content (AvgIpc) is 3.51. The molecule has 0 aromatic carbocycles. The van der Waals surface area contributed by atoms with Gasteiger partial charge in [0, 0.05) is 24.2 Å². The Morgan fingerprint density at radius 1 is 1.13 bits per heavy atom. The Balaban J connectivity index is 1.27. The first-order valence-electron chi connectivity index (χ1n) is 14.9. The molecule has 4 fully saturated rings. The Kier molecular flexibility index (Phi) is 6.78. The minimum atomic E-state index is -0.597. The summed E-state index contributed by atoms with van der Waals surface area (Å²) in [4.78, 5) is 26.5. The molecule has 208 valence electrons. The molecule has 0 aromatic heterocycles. The van der Waals surface area contributed by atoms with E-state index in [9.17, 15) is 14.7 Å². The summed E-state index contributed by atoms with van der Waals surface area (Å²) in [5.41, 5.74) is 0.242. The van der Waals surface area contributed by atoms with Crippen LogP contribution >= 0.6 is 12.2 Å². The van der Waals surface area contributed by atoms with Crippen LogP contribution in [0.4, 0.5) is 0 Å². The van der Waals surface area contributed by atoms with Crippen LogP contribution in [0.25, 0.3) is 0 Å². The van der Waals surface area contributed by atoms with Crippen molar-refractivity contribution in [2.45, 2.75) is 104 Å². The Morgan fingerprint density at radius 2 is 1.89 bits per heavy atom. The van der Waals surface area contributed by atoms with Gasteiger partial charge in [-0.25, -0.2) is 0 Å². The summed E-state index contributed by atoms with van der Waals surface area (Å²) in [7, 11) is 0. The third-order valence-electron chi connectivity index (χ3n) is 11.3. The van der Waals surface area contributed by atoms with E-state index in [1.54, 1.807) is 6.08 Å². The van der Waals surface area contributed by atoms with Gasteiger partial charge < -0.3 is 19.3 Å². The largest absolute Gasteiger partial charge is 0.479 e. The van der Waals surface area contributed by atoms with Crippen LogP contribution in [0.2, 0.25) is 0 Å². The van der Waals surface area contributed by atoms with Crippen molar-refractivity contribution in [1.29, 1.82) is 0 Å². The third kappa shape index (κ3) is 3.93. The van der Waals surface area contributed by atoms with Gasteiger partial charge in [0.15, 0.2) is 16.6 Å². The molecule has 0 radical (unpaired) electrons. The number of aliphatic hydroxyl groups is 1. The number of ether oxygens (including phenoxy) is 3. The molecule has 1 N–H and O–H groups in total. The van der Waals surface area contributed by atoms with Crippen LogP contribution < -0.4 is 0 Å². The SMILES string of the molecule is CCC(=S)OCC(=O)[C@H]1CCC2C3CCC4=CC(=O)C5=C(O[C@@H](C6CCCCC6)O5)[C@]4(C)C3[C@@H](O)C[C@@]21C. The number of carbonyl (C=O) groups is 2. The lowest BCUT2D eigenvalue weighted by atomic mass is 9.46. The van der Waals surface area contributed by atoms with E-state index in [1.807, 2.05) is 6.92 Å². The van der Waals surface area contributed by atoms with Crippen molar-refractivity contribution >= 4 is 28.8 Å². The Labute approximate surface area is 231 Å². The Morgan fingerprint density at radius 3 is 2.63 bits per heavy atom. The molecule has 0 aromatic rings. The van der Waals surface area contributed by atoms with Gasteiger partial charge in [0.25, 0.3) is 0 Å². The van der Waals surface area contributed by atoms with Crippen LogP contribution in [0.5, 0.6) is 0 Å². The van der Waals surface area contributed by atoms with Crippen molar-refractivity contribution in [3.63, 3.8) is 0 Å². The fourth-order valence-electron chi connectivity index (χ4n) is 9.48. The maximum Gasteiger partial charge on any atom is 0.244 e. The van der Waals surface area contributed by atoms with Crippen molar-refractivity contribution in [3.8, 4) is 0 Å². The summed E-state index contributed by atoms with van der Waals surface area (Å²) in [5, 5.41) is 12.4. The zero-order chi connectivity index (χ0) is 26.8.